The Morgan fingerprint density at radius 3 is 2.27 bits per heavy atom. The van der Waals surface area contributed by atoms with E-state index in [2.05, 4.69) is 0 Å². The van der Waals surface area contributed by atoms with Crippen LogP contribution in [0.15, 0.2) is 0 Å². The molecule has 1 fully saturated rings. The van der Waals surface area contributed by atoms with Crippen LogP contribution in [0, 0.1) is 5.41 Å². The van der Waals surface area contributed by atoms with Gasteiger partial charge < -0.3 is 14.9 Å². The number of hydrogen-bond donors (Lipinski definition) is 2. The number of hydrogen-bond acceptors (Lipinski definition) is 3. The van der Waals surface area contributed by atoms with Gasteiger partial charge in [0.15, 0.2) is 0 Å². The standard InChI is InChI=1S/C7H13BO3/c1-7(2)5(10)4(3-9)11-6(7)8/h4-6,9-10H,3H2,1-2H3/t4-,5-,6-/m1/s1. The first-order valence-corrected chi connectivity index (χ1v) is 3.70. The maximum atomic E-state index is 9.52. The van der Waals surface area contributed by atoms with Gasteiger partial charge in [-0.05, 0) is 0 Å². The van der Waals surface area contributed by atoms with Gasteiger partial charge in [-0.1, -0.05) is 13.8 Å². The van der Waals surface area contributed by atoms with Crippen LogP contribution in [0.25, 0.3) is 0 Å². The summed E-state index contributed by atoms with van der Waals surface area (Å²) in [7, 11) is 5.58. The fourth-order valence-electron chi connectivity index (χ4n) is 1.23. The molecule has 62 valence electrons. The first kappa shape index (κ1) is 9.04. The lowest BCUT2D eigenvalue weighted by molar-refractivity contribution is -0.00712. The number of ether oxygens (including phenoxy) is 1. The summed E-state index contributed by atoms with van der Waals surface area (Å²) < 4.78 is 5.12. The van der Waals surface area contributed by atoms with E-state index in [1.807, 2.05) is 13.8 Å². The highest BCUT2D eigenvalue weighted by Gasteiger charge is 2.46. The van der Waals surface area contributed by atoms with E-state index in [0.717, 1.165) is 0 Å². The lowest BCUT2D eigenvalue weighted by Crippen LogP contribution is -2.36. The minimum atomic E-state index is -0.678. The van der Waals surface area contributed by atoms with E-state index < -0.39 is 23.6 Å². The Bertz CT molecular complexity index is 149. The van der Waals surface area contributed by atoms with Crippen LogP contribution < -0.4 is 0 Å². The molecule has 11 heavy (non-hydrogen) atoms. The van der Waals surface area contributed by atoms with Crippen LogP contribution in [-0.4, -0.2) is 42.9 Å². The normalized spacial score (nSPS) is 42.7. The highest BCUT2D eigenvalue weighted by molar-refractivity contribution is 6.11. The van der Waals surface area contributed by atoms with Crippen molar-refractivity contribution in [1.82, 2.24) is 0 Å². The van der Waals surface area contributed by atoms with E-state index in [4.69, 9.17) is 17.7 Å². The molecule has 0 aromatic heterocycles. The molecule has 4 heteroatoms. The topological polar surface area (TPSA) is 49.7 Å². The van der Waals surface area contributed by atoms with E-state index in [-0.39, 0.29) is 6.61 Å². The summed E-state index contributed by atoms with van der Waals surface area (Å²) in [5, 5.41) is 18.3. The molecule has 0 spiro atoms. The number of aliphatic hydroxyl groups is 2. The van der Waals surface area contributed by atoms with E-state index in [1.54, 1.807) is 0 Å². The zero-order valence-electron chi connectivity index (χ0n) is 6.82. The Labute approximate surface area is 67.8 Å². The van der Waals surface area contributed by atoms with Crippen molar-refractivity contribution in [1.29, 1.82) is 0 Å². The number of aliphatic hydroxyl groups excluding tert-OH is 2. The van der Waals surface area contributed by atoms with Gasteiger partial charge >= 0.3 is 0 Å². The van der Waals surface area contributed by atoms with Crippen LogP contribution in [0.3, 0.4) is 0 Å². The molecule has 1 heterocycles. The second-order valence-electron chi connectivity index (χ2n) is 3.54. The molecule has 3 nitrogen and oxygen atoms in total. The van der Waals surface area contributed by atoms with Crippen LogP contribution in [0.1, 0.15) is 13.8 Å². The van der Waals surface area contributed by atoms with Crippen LogP contribution in [0.4, 0.5) is 0 Å². The highest BCUT2D eigenvalue weighted by atomic mass is 16.5. The molecule has 0 aromatic carbocycles. The summed E-state index contributed by atoms with van der Waals surface area (Å²) in [6, 6.07) is -0.491. The van der Waals surface area contributed by atoms with Gasteiger partial charge in [0.25, 0.3) is 0 Å². The largest absolute Gasteiger partial charge is 0.394 e. The minimum absolute atomic E-state index is 0.182. The smallest absolute Gasteiger partial charge is 0.109 e. The van der Waals surface area contributed by atoms with Crippen LogP contribution in [0.2, 0.25) is 0 Å². The monoisotopic (exact) mass is 156 g/mol. The Balaban J connectivity index is 2.71. The molecular weight excluding hydrogens is 143 g/mol. The van der Waals surface area contributed by atoms with Crippen molar-refractivity contribution in [2.75, 3.05) is 6.61 Å². The summed E-state index contributed by atoms with van der Waals surface area (Å²) in [6.07, 6.45) is -1.21. The molecule has 0 saturated carbocycles. The summed E-state index contributed by atoms with van der Waals surface area (Å²) >= 11 is 0. The van der Waals surface area contributed by atoms with Gasteiger partial charge in [-0.2, -0.15) is 0 Å². The van der Waals surface area contributed by atoms with Gasteiger partial charge in [-0.25, -0.2) is 0 Å². The van der Waals surface area contributed by atoms with Crippen LogP contribution in [-0.2, 0) is 4.74 Å². The fraction of sp³-hybridized carbons (Fsp3) is 1.00. The molecule has 1 saturated heterocycles. The molecular formula is C7H13BO3. The summed E-state index contributed by atoms with van der Waals surface area (Å²) in [4.78, 5) is 0. The third-order valence-corrected chi connectivity index (χ3v) is 2.35. The lowest BCUT2D eigenvalue weighted by Gasteiger charge is -2.25. The third-order valence-electron chi connectivity index (χ3n) is 2.35. The van der Waals surface area contributed by atoms with Crippen molar-refractivity contribution in [3.05, 3.63) is 0 Å². The van der Waals surface area contributed by atoms with Crippen molar-refractivity contribution in [2.24, 2.45) is 5.41 Å². The SMILES string of the molecule is [B][C@@H]1O[C@H](CO)[C@@H](O)C1(C)C. The van der Waals surface area contributed by atoms with Crippen molar-refractivity contribution in [2.45, 2.75) is 32.1 Å². The average Bonchev–Trinajstić information content (AvgIpc) is 2.14. The van der Waals surface area contributed by atoms with Gasteiger partial charge in [0.2, 0.25) is 0 Å². The fourth-order valence-corrected chi connectivity index (χ4v) is 1.23. The van der Waals surface area contributed by atoms with Gasteiger partial charge in [0.05, 0.1) is 12.7 Å². The Kier molecular flexibility index (Phi) is 2.28. The third kappa shape index (κ3) is 1.30. The van der Waals surface area contributed by atoms with Crippen LogP contribution in [0.5, 0.6) is 0 Å². The van der Waals surface area contributed by atoms with Gasteiger partial charge in [0.1, 0.15) is 14.0 Å². The maximum Gasteiger partial charge on any atom is 0.109 e. The zero-order chi connectivity index (χ0) is 8.65. The lowest BCUT2D eigenvalue weighted by atomic mass is 9.73. The summed E-state index contributed by atoms with van der Waals surface area (Å²) in [5.74, 6) is 0. The second-order valence-corrected chi connectivity index (χ2v) is 3.54. The van der Waals surface area contributed by atoms with E-state index in [1.165, 1.54) is 0 Å². The molecule has 0 aliphatic carbocycles. The summed E-state index contributed by atoms with van der Waals surface area (Å²) in [6.45, 7) is 3.45. The summed E-state index contributed by atoms with van der Waals surface area (Å²) in [5.41, 5.74) is -0.465. The molecule has 1 aliphatic heterocycles. The molecule has 0 aromatic rings. The molecule has 1 rings (SSSR count). The first-order valence-electron chi connectivity index (χ1n) is 3.70. The van der Waals surface area contributed by atoms with Crippen molar-refractivity contribution in [3.8, 4) is 0 Å². The average molecular weight is 156 g/mol. The van der Waals surface area contributed by atoms with Gasteiger partial charge in [-0.3, -0.25) is 0 Å². The molecule has 0 amide bonds. The van der Waals surface area contributed by atoms with E-state index in [9.17, 15) is 5.11 Å². The van der Waals surface area contributed by atoms with Crippen molar-refractivity contribution < 1.29 is 14.9 Å². The number of rotatable bonds is 1. The Hall–Kier alpha value is -0.0551. The molecule has 3 atom stereocenters. The quantitative estimate of drug-likeness (QED) is 0.491. The van der Waals surface area contributed by atoms with Gasteiger partial charge in [0, 0.05) is 11.4 Å². The maximum absolute atomic E-state index is 9.52. The minimum Gasteiger partial charge on any atom is -0.394 e. The molecule has 2 N–H and O–H groups in total. The highest BCUT2D eigenvalue weighted by Crippen LogP contribution is 2.36. The zero-order valence-corrected chi connectivity index (χ0v) is 6.82. The predicted octanol–water partition coefficient (Wildman–Crippen LogP) is -0.741. The molecule has 2 radical (unpaired) electrons. The molecule has 1 aliphatic rings. The Morgan fingerprint density at radius 2 is 2.09 bits per heavy atom. The van der Waals surface area contributed by atoms with E-state index in [0.29, 0.717) is 0 Å². The van der Waals surface area contributed by atoms with Crippen molar-refractivity contribution in [3.63, 3.8) is 0 Å². The predicted molar refractivity (Wildman–Crippen MR) is 41.3 cm³/mol. The Morgan fingerprint density at radius 1 is 1.55 bits per heavy atom. The molecule has 0 bridgehead atoms. The molecule has 0 unspecified atom stereocenters. The second kappa shape index (κ2) is 2.77. The van der Waals surface area contributed by atoms with E-state index >= 15 is 0 Å². The first-order chi connectivity index (χ1) is 5.00. The van der Waals surface area contributed by atoms with Gasteiger partial charge in [-0.15, -0.1) is 0 Å². The van der Waals surface area contributed by atoms with Crippen LogP contribution >= 0.6 is 0 Å². The van der Waals surface area contributed by atoms with Crippen molar-refractivity contribution >= 4 is 7.85 Å².